The Morgan fingerprint density at radius 1 is 1.24 bits per heavy atom. The van der Waals surface area contributed by atoms with Gasteiger partial charge in [0.1, 0.15) is 0 Å². The van der Waals surface area contributed by atoms with E-state index in [-0.39, 0.29) is 0 Å². The van der Waals surface area contributed by atoms with E-state index in [1.54, 1.807) is 0 Å². The topological polar surface area (TPSA) is 24.5 Å². The smallest absolute Gasteiger partial charge is 0.0593 e. The second-order valence-electron chi connectivity index (χ2n) is 7.97. The molecule has 0 aromatic heterocycles. The molecule has 124 valence electrons. The van der Waals surface area contributed by atoms with Crippen molar-refractivity contribution in [1.29, 1.82) is 0 Å². The number of nitrogens with zero attached hydrogens (tertiary/aromatic N) is 1. The van der Waals surface area contributed by atoms with Crippen LogP contribution in [0.15, 0.2) is 0 Å². The van der Waals surface area contributed by atoms with Crippen LogP contribution in [0.4, 0.5) is 0 Å². The highest BCUT2D eigenvalue weighted by Gasteiger charge is 2.36. The Kier molecular flexibility index (Phi) is 6.97. The maximum absolute atomic E-state index is 5.62. The standard InChI is InChI=1S/C18H36N2O/c1-16(2)13-19-14-18(7-4-6-17(3)12-18)15-20-8-5-10-21-11-9-20/h16-17,19H,4-15H2,1-3H3. The molecule has 2 rings (SSSR count). The van der Waals surface area contributed by atoms with Crippen molar-refractivity contribution >= 4 is 0 Å². The lowest BCUT2D eigenvalue weighted by Crippen LogP contribution is -2.47. The van der Waals surface area contributed by atoms with E-state index in [2.05, 4.69) is 31.0 Å². The molecule has 2 fully saturated rings. The van der Waals surface area contributed by atoms with Gasteiger partial charge in [-0.3, -0.25) is 0 Å². The zero-order valence-corrected chi connectivity index (χ0v) is 14.5. The average Bonchev–Trinajstić information content (AvgIpc) is 2.66. The molecule has 1 saturated heterocycles. The zero-order chi connectivity index (χ0) is 15.1. The van der Waals surface area contributed by atoms with Gasteiger partial charge in [-0.05, 0) is 43.1 Å². The maximum atomic E-state index is 5.62. The van der Waals surface area contributed by atoms with E-state index < -0.39 is 0 Å². The molecule has 0 amide bonds. The van der Waals surface area contributed by atoms with Gasteiger partial charge in [0.25, 0.3) is 0 Å². The first kappa shape index (κ1) is 17.2. The number of ether oxygens (including phenoxy) is 1. The Morgan fingerprint density at radius 3 is 2.86 bits per heavy atom. The summed E-state index contributed by atoms with van der Waals surface area (Å²) >= 11 is 0. The van der Waals surface area contributed by atoms with Gasteiger partial charge < -0.3 is 15.0 Å². The molecule has 2 aliphatic rings. The van der Waals surface area contributed by atoms with Crippen molar-refractivity contribution in [3.63, 3.8) is 0 Å². The molecule has 1 heterocycles. The lowest BCUT2D eigenvalue weighted by Gasteiger charge is -2.43. The third-order valence-electron chi connectivity index (χ3n) is 5.11. The van der Waals surface area contributed by atoms with Crippen LogP contribution in [0.25, 0.3) is 0 Å². The van der Waals surface area contributed by atoms with Crippen molar-refractivity contribution in [3.05, 3.63) is 0 Å². The van der Waals surface area contributed by atoms with E-state index in [0.717, 1.165) is 38.1 Å². The highest BCUT2D eigenvalue weighted by atomic mass is 16.5. The minimum absolute atomic E-state index is 0.497. The first-order chi connectivity index (χ1) is 10.1. The van der Waals surface area contributed by atoms with E-state index in [1.165, 1.54) is 51.7 Å². The van der Waals surface area contributed by atoms with Crippen molar-refractivity contribution in [2.75, 3.05) is 45.9 Å². The monoisotopic (exact) mass is 296 g/mol. The Labute approximate surface area is 131 Å². The fourth-order valence-corrected chi connectivity index (χ4v) is 4.19. The van der Waals surface area contributed by atoms with E-state index in [0.29, 0.717) is 5.41 Å². The number of nitrogens with one attached hydrogen (secondary N) is 1. The van der Waals surface area contributed by atoms with Crippen LogP contribution in [0.1, 0.15) is 52.9 Å². The van der Waals surface area contributed by atoms with Crippen LogP contribution in [0.5, 0.6) is 0 Å². The molecule has 21 heavy (non-hydrogen) atoms. The summed E-state index contributed by atoms with van der Waals surface area (Å²) in [5, 5.41) is 3.76. The summed E-state index contributed by atoms with van der Waals surface area (Å²) in [7, 11) is 0. The van der Waals surface area contributed by atoms with E-state index in [1.807, 2.05) is 0 Å². The molecule has 0 aromatic carbocycles. The second kappa shape index (κ2) is 8.50. The zero-order valence-electron chi connectivity index (χ0n) is 14.5. The molecule has 3 nitrogen and oxygen atoms in total. The molecule has 1 aliphatic carbocycles. The van der Waals surface area contributed by atoms with E-state index in [9.17, 15) is 0 Å². The highest BCUT2D eigenvalue weighted by molar-refractivity contribution is 4.90. The van der Waals surface area contributed by atoms with Crippen LogP contribution < -0.4 is 5.32 Å². The predicted molar refractivity (Wildman–Crippen MR) is 89.6 cm³/mol. The van der Waals surface area contributed by atoms with Gasteiger partial charge in [0.2, 0.25) is 0 Å². The number of hydrogen-bond acceptors (Lipinski definition) is 3. The summed E-state index contributed by atoms with van der Waals surface area (Å²) in [5.41, 5.74) is 0.497. The fraction of sp³-hybridized carbons (Fsp3) is 1.00. The predicted octanol–water partition coefficient (Wildman–Crippen LogP) is 3.15. The molecule has 0 aromatic rings. The van der Waals surface area contributed by atoms with Gasteiger partial charge in [-0.1, -0.05) is 33.6 Å². The SMILES string of the molecule is CC(C)CNCC1(CN2CCCOCC2)CCCC(C)C1. The highest BCUT2D eigenvalue weighted by Crippen LogP contribution is 2.39. The summed E-state index contributed by atoms with van der Waals surface area (Å²) in [5.74, 6) is 1.64. The molecule has 3 heteroatoms. The first-order valence-electron chi connectivity index (χ1n) is 9.10. The normalized spacial score (nSPS) is 32.3. The molecule has 0 spiro atoms. The molecular weight excluding hydrogens is 260 g/mol. The van der Waals surface area contributed by atoms with Gasteiger partial charge in [-0.25, -0.2) is 0 Å². The van der Waals surface area contributed by atoms with Crippen LogP contribution >= 0.6 is 0 Å². The van der Waals surface area contributed by atoms with Crippen molar-refractivity contribution in [2.45, 2.75) is 52.9 Å². The van der Waals surface area contributed by atoms with Gasteiger partial charge in [0.05, 0.1) is 6.61 Å². The molecule has 2 atom stereocenters. The maximum Gasteiger partial charge on any atom is 0.0593 e. The largest absolute Gasteiger partial charge is 0.380 e. The number of rotatable bonds is 6. The van der Waals surface area contributed by atoms with Crippen molar-refractivity contribution in [3.8, 4) is 0 Å². The molecule has 2 unspecified atom stereocenters. The molecular formula is C18H36N2O. The van der Waals surface area contributed by atoms with Crippen LogP contribution in [0.3, 0.4) is 0 Å². The Morgan fingerprint density at radius 2 is 2.10 bits per heavy atom. The van der Waals surface area contributed by atoms with E-state index in [4.69, 9.17) is 4.74 Å². The number of hydrogen-bond donors (Lipinski definition) is 1. The third-order valence-corrected chi connectivity index (χ3v) is 5.11. The Bertz CT molecular complexity index is 287. The molecule has 0 bridgehead atoms. The quantitative estimate of drug-likeness (QED) is 0.815. The molecule has 1 N–H and O–H groups in total. The van der Waals surface area contributed by atoms with Crippen molar-refractivity contribution in [1.82, 2.24) is 10.2 Å². The average molecular weight is 296 g/mol. The van der Waals surface area contributed by atoms with Crippen LogP contribution in [0.2, 0.25) is 0 Å². The van der Waals surface area contributed by atoms with Crippen molar-refractivity contribution in [2.24, 2.45) is 17.3 Å². The van der Waals surface area contributed by atoms with E-state index >= 15 is 0 Å². The molecule has 1 aliphatic heterocycles. The third kappa shape index (κ3) is 5.88. The lowest BCUT2D eigenvalue weighted by atomic mass is 9.69. The minimum Gasteiger partial charge on any atom is -0.380 e. The van der Waals surface area contributed by atoms with Crippen LogP contribution in [-0.2, 0) is 4.74 Å². The van der Waals surface area contributed by atoms with Gasteiger partial charge in [0.15, 0.2) is 0 Å². The fourth-order valence-electron chi connectivity index (χ4n) is 4.19. The van der Waals surface area contributed by atoms with Gasteiger partial charge in [0, 0.05) is 32.8 Å². The van der Waals surface area contributed by atoms with Gasteiger partial charge in [-0.2, -0.15) is 0 Å². The summed E-state index contributed by atoms with van der Waals surface area (Å²) in [6.45, 7) is 14.9. The van der Waals surface area contributed by atoms with Crippen LogP contribution in [-0.4, -0.2) is 50.8 Å². The molecule has 1 saturated carbocycles. The summed E-state index contributed by atoms with van der Waals surface area (Å²) < 4.78 is 5.62. The lowest BCUT2D eigenvalue weighted by molar-refractivity contribution is 0.0750. The second-order valence-corrected chi connectivity index (χ2v) is 7.97. The summed E-state index contributed by atoms with van der Waals surface area (Å²) in [4.78, 5) is 2.67. The van der Waals surface area contributed by atoms with Crippen molar-refractivity contribution < 1.29 is 4.74 Å². The minimum atomic E-state index is 0.497. The van der Waals surface area contributed by atoms with Gasteiger partial charge in [-0.15, -0.1) is 0 Å². The Hall–Kier alpha value is -0.120. The summed E-state index contributed by atoms with van der Waals surface area (Å²) in [6, 6.07) is 0. The first-order valence-corrected chi connectivity index (χ1v) is 9.10. The molecule has 0 radical (unpaired) electrons. The van der Waals surface area contributed by atoms with Gasteiger partial charge >= 0.3 is 0 Å². The van der Waals surface area contributed by atoms with Crippen LogP contribution in [0, 0.1) is 17.3 Å². The Balaban J connectivity index is 1.93. The summed E-state index contributed by atoms with van der Waals surface area (Å²) in [6.07, 6.45) is 6.84.